The molecule has 5 heteroatoms. The van der Waals surface area contributed by atoms with Crippen molar-refractivity contribution in [3.8, 4) is 0 Å². The smallest absolute Gasteiger partial charge is 0.328 e. The Kier molecular flexibility index (Phi) is 7.88. The van der Waals surface area contributed by atoms with Gasteiger partial charge in [0.15, 0.2) is 0 Å². The van der Waals surface area contributed by atoms with Gasteiger partial charge in [0.25, 0.3) is 0 Å². The van der Waals surface area contributed by atoms with E-state index in [2.05, 4.69) is 0 Å². The van der Waals surface area contributed by atoms with E-state index in [1.54, 1.807) is 19.9 Å². The van der Waals surface area contributed by atoms with Crippen molar-refractivity contribution in [3.05, 3.63) is 42.0 Å². The Balaban J connectivity index is 0.000000362. The molecule has 104 valence electrons. The van der Waals surface area contributed by atoms with Crippen LogP contribution in [0.4, 0.5) is 0 Å². The quantitative estimate of drug-likeness (QED) is 0.721. The lowest BCUT2D eigenvalue weighted by molar-refractivity contribution is -0.139. The Bertz CT molecular complexity index is 426. The second-order valence-corrected chi connectivity index (χ2v) is 4.19. The maximum atomic E-state index is 10.1. The highest BCUT2D eigenvalue weighted by Gasteiger charge is 2.14. The molecule has 0 spiro atoms. The number of aliphatic carboxylic acids is 2. The Hall–Kier alpha value is -2.14. The molecule has 0 unspecified atom stereocenters. The minimum absolute atomic E-state index is 0.0208. The molecule has 0 aliphatic carbocycles. The van der Waals surface area contributed by atoms with Gasteiger partial charge in [0, 0.05) is 6.08 Å². The van der Waals surface area contributed by atoms with Gasteiger partial charge in [-0.25, -0.2) is 4.79 Å². The van der Waals surface area contributed by atoms with Crippen LogP contribution >= 0.6 is 0 Å². The Morgan fingerprint density at radius 1 is 1.16 bits per heavy atom. The summed E-state index contributed by atoms with van der Waals surface area (Å²) in [6.45, 7) is 3.55. The first-order valence-corrected chi connectivity index (χ1v) is 5.79. The molecular weight excluding hydrogens is 246 g/mol. The number of hydrogen-bond acceptors (Lipinski definition) is 3. The number of rotatable bonds is 4. The summed E-state index contributed by atoms with van der Waals surface area (Å²) >= 11 is 0. The van der Waals surface area contributed by atoms with Crippen LogP contribution in [0, 0.1) is 5.92 Å². The highest BCUT2D eigenvalue weighted by Crippen LogP contribution is 2.00. The lowest BCUT2D eigenvalue weighted by Crippen LogP contribution is -2.34. The highest BCUT2D eigenvalue weighted by molar-refractivity contribution is 5.85. The molecule has 5 nitrogen and oxygen atoms in total. The van der Waals surface area contributed by atoms with E-state index in [0.717, 1.165) is 11.6 Å². The van der Waals surface area contributed by atoms with E-state index in [1.807, 2.05) is 30.3 Å². The Morgan fingerprint density at radius 2 is 1.68 bits per heavy atom. The molecule has 0 aliphatic heterocycles. The average Bonchev–Trinajstić information content (AvgIpc) is 2.37. The molecule has 1 atom stereocenters. The van der Waals surface area contributed by atoms with Crippen molar-refractivity contribution in [1.82, 2.24) is 0 Å². The zero-order valence-electron chi connectivity index (χ0n) is 11.0. The molecule has 0 aromatic heterocycles. The van der Waals surface area contributed by atoms with Gasteiger partial charge in [-0.05, 0) is 17.6 Å². The molecule has 0 saturated heterocycles. The standard InChI is InChI=1S/C9H8O2.C5H11NO2/c10-9(11)7-6-8-4-2-1-3-5-8;1-3(2)4(6)5(7)8/h1-7H,(H,10,11);3-4H,6H2,1-2H3,(H,7,8)/b7-6+;/t;4-/m.0/s1. The molecule has 0 amide bonds. The third-order valence-corrected chi connectivity index (χ3v) is 2.22. The first kappa shape index (κ1) is 16.9. The molecule has 0 radical (unpaired) electrons. The van der Waals surface area contributed by atoms with E-state index >= 15 is 0 Å². The molecule has 1 rings (SSSR count). The summed E-state index contributed by atoms with van der Waals surface area (Å²) in [4.78, 5) is 20.1. The van der Waals surface area contributed by atoms with Crippen molar-refractivity contribution < 1.29 is 19.8 Å². The van der Waals surface area contributed by atoms with Gasteiger partial charge >= 0.3 is 11.9 Å². The minimum atomic E-state index is -0.931. The molecule has 0 aliphatic rings. The maximum absolute atomic E-state index is 10.1. The summed E-state index contributed by atoms with van der Waals surface area (Å²) in [5.41, 5.74) is 6.06. The predicted octanol–water partition coefficient (Wildman–Crippen LogP) is 1.84. The molecule has 0 fully saturated rings. The van der Waals surface area contributed by atoms with Crippen LogP contribution < -0.4 is 5.73 Å². The molecule has 0 saturated carbocycles. The molecule has 0 heterocycles. The number of carboxylic acids is 2. The number of benzene rings is 1. The second kappa shape index (κ2) is 8.88. The summed E-state index contributed by atoms with van der Waals surface area (Å²) < 4.78 is 0. The van der Waals surface area contributed by atoms with Crippen molar-refractivity contribution in [2.45, 2.75) is 19.9 Å². The minimum Gasteiger partial charge on any atom is -0.480 e. The lowest BCUT2D eigenvalue weighted by Gasteiger charge is -2.07. The topological polar surface area (TPSA) is 101 Å². The monoisotopic (exact) mass is 265 g/mol. The number of carboxylic acid groups (broad SMARTS) is 2. The van der Waals surface area contributed by atoms with E-state index in [0.29, 0.717) is 0 Å². The SMILES string of the molecule is CC(C)[C@H](N)C(=O)O.O=C(O)/C=C/c1ccccc1. The van der Waals surface area contributed by atoms with Gasteiger partial charge < -0.3 is 15.9 Å². The predicted molar refractivity (Wildman–Crippen MR) is 73.6 cm³/mol. The molecule has 19 heavy (non-hydrogen) atoms. The zero-order valence-corrected chi connectivity index (χ0v) is 11.0. The lowest BCUT2D eigenvalue weighted by atomic mass is 10.1. The van der Waals surface area contributed by atoms with E-state index in [4.69, 9.17) is 15.9 Å². The first-order chi connectivity index (χ1) is 8.84. The van der Waals surface area contributed by atoms with Crippen LogP contribution in [-0.2, 0) is 9.59 Å². The molecule has 1 aromatic carbocycles. The Morgan fingerprint density at radius 3 is 2.00 bits per heavy atom. The van der Waals surface area contributed by atoms with Crippen LogP contribution in [0.25, 0.3) is 6.08 Å². The zero-order chi connectivity index (χ0) is 14.8. The van der Waals surface area contributed by atoms with Crippen molar-refractivity contribution in [2.24, 2.45) is 11.7 Å². The van der Waals surface area contributed by atoms with Crippen LogP contribution in [0.1, 0.15) is 19.4 Å². The fraction of sp³-hybridized carbons (Fsp3) is 0.286. The van der Waals surface area contributed by atoms with Gasteiger partial charge in [-0.1, -0.05) is 44.2 Å². The fourth-order valence-corrected chi connectivity index (χ4v) is 1.02. The summed E-state index contributed by atoms with van der Waals surface area (Å²) in [5, 5.41) is 16.5. The summed E-state index contributed by atoms with van der Waals surface area (Å²) in [6.07, 6.45) is 2.68. The van der Waals surface area contributed by atoms with Crippen molar-refractivity contribution >= 4 is 18.0 Å². The third kappa shape index (κ3) is 8.57. The summed E-state index contributed by atoms with van der Waals surface area (Å²) in [5.74, 6) is -1.83. The van der Waals surface area contributed by atoms with Crippen LogP contribution in [0.5, 0.6) is 0 Å². The number of carbonyl (C=O) groups is 2. The van der Waals surface area contributed by atoms with Gasteiger partial charge in [-0.3, -0.25) is 4.79 Å². The Labute approximate surface area is 112 Å². The van der Waals surface area contributed by atoms with Crippen LogP contribution in [0.15, 0.2) is 36.4 Å². The average molecular weight is 265 g/mol. The van der Waals surface area contributed by atoms with Gasteiger partial charge in [0.2, 0.25) is 0 Å². The highest BCUT2D eigenvalue weighted by atomic mass is 16.4. The molecule has 4 N–H and O–H groups in total. The van der Waals surface area contributed by atoms with Crippen LogP contribution in [0.2, 0.25) is 0 Å². The van der Waals surface area contributed by atoms with E-state index in [-0.39, 0.29) is 5.92 Å². The molecular formula is C14H19NO4. The van der Waals surface area contributed by atoms with Crippen molar-refractivity contribution in [1.29, 1.82) is 0 Å². The largest absolute Gasteiger partial charge is 0.480 e. The van der Waals surface area contributed by atoms with Crippen molar-refractivity contribution in [2.75, 3.05) is 0 Å². The van der Waals surface area contributed by atoms with E-state index in [1.165, 1.54) is 0 Å². The third-order valence-electron chi connectivity index (χ3n) is 2.22. The number of nitrogens with two attached hydrogens (primary N) is 1. The summed E-state index contributed by atoms with van der Waals surface area (Å²) in [7, 11) is 0. The van der Waals surface area contributed by atoms with Crippen LogP contribution in [0.3, 0.4) is 0 Å². The van der Waals surface area contributed by atoms with Crippen LogP contribution in [-0.4, -0.2) is 28.2 Å². The van der Waals surface area contributed by atoms with Gasteiger partial charge in [-0.2, -0.15) is 0 Å². The normalized spacial score (nSPS) is 11.8. The maximum Gasteiger partial charge on any atom is 0.328 e. The molecule has 1 aromatic rings. The van der Waals surface area contributed by atoms with Gasteiger partial charge in [0.1, 0.15) is 6.04 Å². The molecule has 0 bridgehead atoms. The number of hydrogen-bond donors (Lipinski definition) is 3. The van der Waals surface area contributed by atoms with Gasteiger partial charge in [0.05, 0.1) is 0 Å². The first-order valence-electron chi connectivity index (χ1n) is 5.79. The van der Waals surface area contributed by atoms with Gasteiger partial charge in [-0.15, -0.1) is 0 Å². The van der Waals surface area contributed by atoms with Crippen molar-refractivity contribution in [3.63, 3.8) is 0 Å². The second-order valence-electron chi connectivity index (χ2n) is 4.19. The van der Waals surface area contributed by atoms with E-state index < -0.39 is 18.0 Å². The van der Waals surface area contributed by atoms with E-state index in [9.17, 15) is 9.59 Å². The fourth-order valence-electron chi connectivity index (χ4n) is 1.02. The summed E-state index contributed by atoms with van der Waals surface area (Å²) in [6, 6.07) is 8.59.